The van der Waals surface area contributed by atoms with E-state index < -0.39 is 5.97 Å². The number of ketones is 2. The molecule has 72 valence electrons. The molecule has 0 atom stereocenters. The maximum atomic E-state index is 11.1. The van der Waals surface area contributed by atoms with Crippen molar-refractivity contribution in [1.82, 2.24) is 0 Å². The van der Waals surface area contributed by atoms with Crippen LogP contribution in [-0.2, 0) is 19.1 Å². The average molecular weight is 184 g/mol. The fourth-order valence-corrected chi connectivity index (χ4v) is 1.04. The van der Waals surface area contributed by atoms with Crippen molar-refractivity contribution in [3.05, 3.63) is 0 Å². The number of carbonyl (C=O) groups excluding carboxylic acids is 3. The van der Waals surface area contributed by atoms with Gasteiger partial charge < -0.3 is 4.74 Å². The van der Waals surface area contributed by atoms with Gasteiger partial charge in [-0.25, -0.2) is 0 Å². The smallest absolute Gasteiger partial charge is 0.313 e. The van der Waals surface area contributed by atoms with E-state index in [4.69, 9.17) is 0 Å². The van der Waals surface area contributed by atoms with Gasteiger partial charge >= 0.3 is 5.97 Å². The second-order valence-electron chi connectivity index (χ2n) is 3.21. The number of Topliss-reactive ketones (excluding diaryl/α,β-unsaturated/α-hetero) is 2. The molecule has 0 bridgehead atoms. The van der Waals surface area contributed by atoms with Gasteiger partial charge in [0, 0.05) is 5.92 Å². The highest BCUT2D eigenvalue weighted by Crippen LogP contribution is 2.30. The highest BCUT2D eigenvalue weighted by atomic mass is 16.5. The zero-order chi connectivity index (χ0) is 9.84. The van der Waals surface area contributed by atoms with Crippen molar-refractivity contribution in [2.24, 2.45) is 5.92 Å². The Morgan fingerprint density at radius 3 is 2.31 bits per heavy atom. The summed E-state index contributed by atoms with van der Waals surface area (Å²) >= 11 is 0. The molecule has 4 nitrogen and oxygen atoms in total. The maximum Gasteiger partial charge on any atom is 0.313 e. The fraction of sp³-hybridized carbons (Fsp3) is 0.667. The van der Waals surface area contributed by atoms with E-state index in [2.05, 4.69) is 4.74 Å². The predicted molar refractivity (Wildman–Crippen MR) is 44.0 cm³/mol. The Balaban J connectivity index is 2.23. The minimum absolute atomic E-state index is 0.0334. The lowest BCUT2D eigenvalue weighted by Crippen LogP contribution is -2.14. The van der Waals surface area contributed by atoms with Gasteiger partial charge in [-0.1, -0.05) is 0 Å². The topological polar surface area (TPSA) is 60.4 Å². The summed E-state index contributed by atoms with van der Waals surface area (Å²) in [5.41, 5.74) is 0. The molecule has 0 saturated heterocycles. The minimum atomic E-state index is -0.575. The molecule has 0 amide bonds. The van der Waals surface area contributed by atoms with Crippen LogP contribution >= 0.6 is 0 Å². The van der Waals surface area contributed by atoms with E-state index in [-0.39, 0.29) is 30.3 Å². The summed E-state index contributed by atoms with van der Waals surface area (Å²) in [5, 5.41) is 0. The van der Waals surface area contributed by atoms with Crippen molar-refractivity contribution < 1.29 is 19.1 Å². The van der Waals surface area contributed by atoms with Crippen molar-refractivity contribution in [2.75, 3.05) is 7.11 Å². The number of hydrogen-bond acceptors (Lipinski definition) is 4. The Labute approximate surface area is 76.3 Å². The largest absolute Gasteiger partial charge is 0.469 e. The summed E-state index contributed by atoms with van der Waals surface area (Å²) in [7, 11) is 1.22. The van der Waals surface area contributed by atoms with E-state index in [9.17, 15) is 14.4 Å². The average Bonchev–Trinajstić information content (AvgIpc) is 2.85. The van der Waals surface area contributed by atoms with Crippen LogP contribution < -0.4 is 0 Å². The lowest BCUT2D eigenvalue weighted by molar-refractivity contribution is -0.143. The molecule has 1 rings (SSSR count). The SMILES string of the molecule is COC(=O)CC(=O)CC(=O)C1CC1. The van der Waals surface area contributed by atoms with Crippen LogP contribution in [-0.4, -0.2) is 24.6 Å². The molecule has 1 saturated carbocycles. The lowest BCUT2D eigenvalue weighted by Gasteiger charge is -1.97. The number of methoxy groups -OCH3 is 1. The number of hydrogen-bond donors (Lipinski definition) is 0. The van der Waals surface area contributed by atoms with E-state index in [0.717, 1.165) is 12.8 Å². The Hall–Kier alpha value is -1.19. The Kier molecular flexibility index (Phi) is 3.17. The quantitative estimate of drug-likeness (QED) is 0.460. The first-order valence-electron chi connectivity index (χ1n) is 4.24. The molecule has 0 radical (unpaired) electrons. The summed E-state index contributed by atoms with van der Waals surface area (Å²) in [5.74, 6) is -0.868. The lowest BCUT2D eigenvalue weighted by atomic mass is 10.1. The standard InChI is InChI=1S/C9H12O4/c1-13-9(12)5-7(10)4-8(11)6-2-3-6/h6H,2-5H2,1H3. The molecule has 1 aliphatic carbocycles. The van der Waals surface area contributed by atoms with Crippen LogP contribution in [0.3, 0.4) is 0 Å². The third-order valence-electron chi connectivity index (χ3n) is 1.97. The summed E-state index contributed by atoms with van der Waals surface area (Å²) in [6.45, 7) is 0. The molecule has 0 spiro atoms. The van der Waals surface area contributed by atoms with Crippen LogP contribution in [0.1, 0.15) is 25.7 Å². The normalized spacial score (nSPS) is 15.2. The summed E-state index contributed by atoms with van der Waals surface area (Å²) in [6, 6.07) is 0. The first-order chi connectivity index (χ1) is 6.13. The van der Waals surface area contributed by atoms with Gasteiger partial charge in [-0.05, 0) is 12.8 Å². The van der Waals surface area contributed by atoms with E-state index in [1.165, 1.54) is 7.11 Å². The maximum absolute atomic E-state index is 11.1. The van der Waals surface area contributed by atoms with Crippen molar-refractivity contribution in [2.45, 2.75) is 25.7 Å². The van der Waals surface area contributed by atoms with Crippen LogP contribution in [0.2, 0.25) is 0 Å². The van der Waals surface area contributed by atoms with E-state index >= 15 is 0 Å². The predicted octanol–water partition coefficient (Wildman–Crippen LogP) is 0.488. The van der Waals surface area contributed by atoms with Crippen LogP contribution in [0.25, 0.3) is 0 Å². The first-order valence-corrected chi connectivity index (χ1v) is 4.24. The third kappa shape index (κ3) is 3.36. The Morgan fingerprint density at radius 1 is 1.23 bits per heavy atom. The van der Waals surface area contributed by atoms with Crippen molar-refractivity contribution in [3.63, 3.8) is 0 Å². The molecule has 4 heteroatoms. The van der Waals surface area contributed by atoms with Gasteiger partial charge in [0.15, 0.2) is 5.78 Å². The van der Waals surface area contributed by atoms with E-state index in [1.54, 1.807) is 0 Å². The molecule has 0 aliphatic heterocycles. The molecule has 0 aromatic carbocycles. The van der Waals surface area contributed by atoms with E-state index in [0.29, 0.717) is 0 Å². The van der Waals surface area contributed by atoms with Crippen molar-refractivity contribution in [3.8, 4) is 0 Å². The van der Waals surface area contributed by atoms with E-state index in [1.807, 2.05) is 0 Å². The zero-order valence-corrected chi connectivity index (χ0v) is 7.54. The molecule has 0 N–H and O–H groups in total. The molecule has 0 heterocycles. The van der Waals surface area contributed by atoms with Crippen LogP contribution in [0, 0.1) is 5.92 Å². The van der Waals surface area contributed by atoms with Gasteiger partial charge in [-0.3, -0.25) is 14.4 Å². The molecule has 1 fully saturated rings. The van der Waals surface area contributed by atoms with Gasteiger partial charge in [0.2, 0.25) is 0 Å². The molecule has 13 heavy (non-hydrogen) atoms. The molecule has 0 aromatic rings. The highest BCUT2D eigenvalue weighted by Gasteiger charge is 2.30. The second-order valence-corrected chi connectivity index (χ2v) is 3.21. The third-order valence-corrected chi connectivity index (χ3v) is 1.97. The highest BCUT2D eigenvalue weighted by molar-refractivity contribution is 6.06. The number of ether oxygens (including phenoxy) is 1. The van der Waals surface area contributed by atoms with Gasteiger partial charge in [0.05, 0.1) is 13.5 Å². The number of rotatable bonds is 5. The zero-order valence-electron chi connectivity index (χ0n) is 7.54. The van der Waals surface area contributed by atoms with Gasteiger partial charge in [-0.2, -0.15) is 0 Å². The minimum Gasteiger partial charge on any atom is -0.469 e. The van der Waals surface area contributed by atoms with Crippen LogP contribution in [0.4, 0.5) is 0 Å². The summed E-state index contributed by atoms with van der Waals surface area (Å²) in [6.07, 6.45) is 1.39. The van der Waals surface area contributed by atoms with Crippen molar-refractivity contribution >= 4 is 17.5 Å². The fourth-order valence-electron chi connectivity index (χ4n) is 1.04. The molecule has 0 unspecified atom stereocenters. The van der Waals surface area contributed by atoms with Crippen LogP contribution in [0.15, 0.2) is 0 Å². The second kappa shape index (κ2) is 4.16. The van der Waals surface area contributed by atoms with Gasteiger partial charge in [-0.15, -0.1) is 0 Å². The molecular formula is C9H12O4. The van der Waals surface area contributed by atoms with Crippen LogP contribution in [0.5, 0.6) is 0 Å². The van der Waals surface area contributed by atoms with Gasteiger partial charge in [0.25, 0.3) is 0 Å². The summed E-state index contributed by atoms with van der Waals surface area (Å²) in [4.78, 5) is 32.8. The van der Waals surface area contributed by atoms with Crippen molar-refractivity contribution in [1.29, 1.82) is 0 Å². The van der Waals surface area contributed by atoms with Gasteiger partial charge in [0.1, 0.15) is 12.2 Å². The Bertz CT molecular complexity index is 240. The summed E-state index contributed by atoms with van der Waals surface area (Å²) < 4.78 is 4.31. The number of esters is 1. The first kappa shape index (κ1) is 9.89. The molecule has 0 aromatic heterocycles. The molecular weight excluding hydrogens is 172 g/mol. The Morgan fingerprint density at radius 2 is 1.85 bits per heavy atom. The molecule has 1 aliphatic rings. The number of carbonyl (C=O) groups is 3. The monoisotopic (exact) mass is 184 g/mol.